The van der Waals surface area contributed by atoms with Crippen molar-refractivity contribution in [1.82, 2.24) is 5.32 Å². The van der Waals surface area contributed by atoms with E-state index in [2.05, 4.69) is 11.4 Å². The molecule has 1 heterocycles. The Morgan fingerprint density at radius 3 is 3.00 bits per heavy atom. The third kappa shape index (κ3) is 2.44. The van der Waals surface area contributed by atoms with E-state index >= 15 is 0 Å². The molecule has 1 aliphatic heterocycles. The molecule has 1 atom stereocenters. The molecule has 0 aliphatic carbocycles. The molecule has 18 heavy (non-hydrogen) atoms. The lowest BCUT2D eigenvalue weighted by Crippen LogP contribution is -2.51. The molecule has 1 fully saturated rings. The number of nitriles is 1. The van der Waals surface area contributed by atoms with Gasteiger partial charge in [0.05, 0.1) is 11.3 Å². The highest BCUT2D eigenvalue weighted by Crippen LogP contribution is 2.23. The summed E-state index contributed by atoms with van der Waals surface area (Å²) in [5, 5.41) is 11.9. The molecule has 5 nitrogen and oxygen atoms in total. The maximum atomic E-state index is 11.9. The van der Waals surface area contributed by atoms with Crippen molar-refractivity contribution in [3.8, 4) is 6.07 Å². The molecule has 2 amide bonds. The van der Waals surface area contributed by atoms with E-state index in [1.165, 1.54) is 0 Å². The number of nitrogens with two attached hydrogens (primary N) is 1. The minimum Gasteiger partial charge on any atom is -0.337 e. The molecule has 1 aromatic carbocycles. The van der Waals surface area contributed by atoms with Crippen LogP contribution >= 0.6 is 0 Å². The van der Waals surface area contributed by atoms with Gasteiger partial charge in [-0.3, -0.25) is 4.90 Å². The van der Waals surface area contributed by atoms with Gasteiger partial charge < -0.3 is 11.1 Å². The smallest absolute Gasteiger partial charge is 0.321 e. The molecule has 2 rings (SSSR count). The summed E-state index contributed by atoms with van der Waals surface area (Å²) in [6.07, 6.45) is 0.867. The van der Waals surface area contributed by atoms with E-state index in [1.807, 2.05) is 6.07 Å². The topological polar surface area (TPSA) is 82.2 Å². The number of nitrogens with one attached hydrogen (secondary N) is 1. The number of hydrogen-bond donors (Lipinski definition) is 2. The van der Waals surface area contributed by atoms with E-state index in [0.29, 0.717) is 36.8 Å². The molecule has 1 saturated heterocycles. The number of amides is 2. The van der Waals surface area contributed by atoms with E-state index in [4.69, 9.17) is 11.0 Å². The number of benzene rings is 1. The average Bonchev–Trinajstić information content (AvgIpc) is 2.41. The molecule has 0 aromatic heterocycles. The van der Waals surface area contributed by atoms with Crippen molar-refractivity contribution in [2.45, 2.75) is 6.42 Å². The Kier molecular flexibility index (Phi) is 3.80. The fourth-order valence-corrected chi connectivity index (χ4v) is 2.17. The number of anilines is 1. The summed E-state index contributed by atoms with van der Waals surface area (Å²) in [6.45, 7) is 1.87. The fourth-order valence-electron chi connectivity index (χ4n) is 2.17. The quantitative estimate of drug-likeness (QED) is 0.833. The van der Waals surface area contributed by atoms with E-state index in [0.717, 1.165) is 6.42 Å². The number of para-hydroxylation sites is 1. The number of rotatable bonds is 3. The molecule has 0 spiro atoms. The van der Waals surface area contributed by atoms with Gasteiger partial charge in [-0.05, 0) is 31.0 Å². The van der Waals surface area contributed by atoms with Crippen molar-refractivity contribution in [3.05, 3.63) is 29.8 Å². The Morgan fingerprint density at radius 1 is 1.50 bits per heavy atom. The summed E-state index contributed by atoms with van der Waals surface area (Å²) < 4.78 is 0. The second kappa shape index (κ2) is 5.52. The Hall–Kier alpha value is -2.06. The Morgan fingerprint density at radius 2 is 2.28 bits per heavy atom. The first-order valence-electron chi connectivity index (χ1n) is 6.01. The highest BCUT2D eigenvalue weighted by molar-refractivity contribution is 5.94. The van der Waals surface area contributed by atoms with Crippen LogP contribution in [-0.4, -0.2) is 25.7 Å². The zero-order valence-electron chi connectivity index (χ0n) is 10.1. The summed E-state index contributed by atoms with van der Waals surface area (Å²) >= 11 is 0. The molecule has 1 aromatic rings. The Balaban J connectivity index is 2.25. The van der Waals surface area contributed by atoms with Gasteiger partial charge in [-0.15, -0.1) is 0 Å². The maximum Gasteiger partial charge on any atom is 0.321 e. The lowest BCUT2D eigenvalue weighted by atomic mass is 10.0. The summed E-state index contributed by atoms with van der Waals surface area (Å²) in [5.41, 5.74) is 6.73. The zero-order chi connectivity index (χ0) is 13.0. The van der Waals surface area contributed by atoms with Gasteiger partial charge in [-0.1, -0.05) is 12.1 Å². The van der Waals surface area contributed by atoms with Crippen molar-refractivity contribution >= 4 is 11.7 Å². The van der Waals surface area contributed by atoms with Gasteiger partial charge in [0.25, 0.3) is 0 Å². The first kappa shape index (κ1) is 12.4. The average molecular weight is 244 g/mol. The second-order valence-corrected chi connectivity index (χ2v) is 4.37. The van der Waals surface area contributed by atoms with Gasteiger partial charge in [0.2, 0.25) is 0 Å². The monoisotopic (exact) mass is 244 g/mol. The molecule has 0 saturated carbocycles. The molecule has 3 N–H and O–H groups in total. The largest absolute Gasteiger partial charge is 0.337 e. The Bertz CT molecular complexity index is 480. The summed E-state index contributed by atoms with van der Waals surface area (Å²) in [4.78, 5) is 13.5. The summed E-state index contributed by atoms with van der Waals surface area (Å²) in [5.74, 6) is 0.333. The van der Waals surface area contributed by atoms with Gasteiger partial charge in [-0.2, -0.15) is 5.26 Å². The predicted octanol–water partition coefficient (Wildman–Crippen LogP) is 1.05. The van der Waals surface area contributed by atoms with Gasteiger partial charge >= 0.3 is 6.03 Å². The molecule has 1 unspecified atom stereocenters. The second-order valence-electron chi connectivity index (χ2n) is 4.37. The SMILES string of the molecule is N#Cc1ccccc1N1CC(CCN)CNC1=O. The summed E-state index contributed by atoms with van der Waals surface area (Å²) in [7, 11) is 0. The number of urea groups is 1. The first-order valence-corrected chi connectivity index (χ1v) is 6.01. The highest BCUT2D eigenvalue weighted by atomic mass is 16.2. The lowest BCUT2D eigenvalue weighted by Gasteiger charge is -2.33. The van der Waals surface area contributed by atoms with Crippen molar-refractivity contribution in [3.63, 3.8) is 0 Å². The molecular formula is C13H16N4O. The predicted molar refractivity (Wildman–Crippen MR) is 69.1 cm³/mol. The number of carbonyl (C=O) groups is 1. The van der Waals surface area contributed by atoms with Crippen molar-refractivity contribution in [2.24, 2.45) is 11.7 Å². The number of nitrogens with zero attached hydrogens (tertiary/aromatic N) is 2. The standard InChI is InChI=1S/C13H16N4O/c14-6-5-10-8-16-13(18)17(9-10)12-4-2-1-3-11(12)7-15/h1-4,10H,5-6,8-9,14H2,(H,16,18). The van der Waals surface area contributed by atoms with E-state index in [9.17, 15) is 4.79 Å². The van der Waals surface area contributed by atoms with E-state index in [-0.39, 0.29) is 6.03 Å². The molecule has 5 heteroatoms. The number of hydrogen-bond acceptors (Lipinski definition) is 3. The Labute approximate surface area is 106 Å². The third-order valence-electron chi connectivity index (χ3n) is 3.12. The van der Waals surface area contributed by atoms with Gasteiger partial charge in [-0.25, -0.2) is 4.79 Å². The van der Waals surface area contributed by atoms with Crippen LogP contribution in [0.1, 0.15) is 12.0 Å². The minimum absolute atomic E-state index is 0.147. The maximum absolute atomic E-state index is 11.9. The minimum atomic E-state index is -0.147. The summed E-state index contributed by atoms with van der Waals surface area (Å²) in [6, 6.07) is 9.10. The van der Waals surface area contributed by atoms with Crippen molar-refractivity contribution in [2.75, 3.05) is 24.5 Å². The highest BCUT2D eigenvalue weighted by Gasteiger charge is 2.27. The normalized spacial score (nSPS) is 19.2. The van der Waals surface area contributed by atoms with Gasteiger partial charge in [0, 0.05) is 13.1 Å². The first-order chi connectivity index (χ1) is 8.76. The van der Waals surface area contributed by atoms with Crippen LogP contribution < -0.4 is 16.0 Å². The van der Waals surface area contributed by atoms with Gasteiger partial charge in [0.15, 0.2) is 0 Å². The van der Waals surface area contributed by atoms with E-state index in [1.54, 1.807) is 23.1 Å². The molecule has 94 valence electrons. The van der Waals surface area contributed by atoms with E-state index < -0.39 is 0 Å². The van der Waals surface area contributed by atoms with Crippen LogP contribution in [0.2, 0.25) is 0 Å². The molecule has 1 aliphatic rings. The van der Waals surface area contributed by atoms with Crippen molar-refractivity contribution in [1.29, 1.82) is 5.26 Å². The molecule has 0 bridgehead atoms. The van der Waals surface area contributed by atoms with Crippen LogP contribution in [0.15, 0.2) is 24.3 Å². The molecular weight excluding hydrogens is 228 g/mol. The van der Waals surface area contributed by atoms with Crippen LogP contribution in [0.4, 0.5) is 10.5 Å². The molecule has 0 radical (unpaired) electrons. The van der Waals surface area contributed by atoms with Gasteiger partial charge in [0.1, 0.15) is 6.07 Å². The van der Waals surface area contributed by atoms with Crippen LogP contribution in [0.25, 0.3) is 0 Å². The number of carbonyl (C=O) groups excluding carboxylic acids is 1. The fraction of sp³-hybridized carbons (Fsp3) is 0.385. The zero-order valence-corrected chi connectivity index (χ0v) is 10.1. The van der Waals surface area contributed by atoms with Crippen LogP contribution in [0.5, 0.6) is 0 Å². The van der Waals surface area contributed by atoms with Crippen molar-refractivity contribution < 1.29 is 4.79 Å². The van der Waals surface area contributed by atoms with Crippen LogP contribution in [0.3, 0.4) is 0 Å². The van der Waals surface area contributed by atoms with Crippen LogP contribution in [0, 0.1) is 17.2 Å². The lowest BCUT2D eigenvalue weighted by molar-refractivity contribution is 0.236. The van der Waals surface area contributed by atoms with Crippen LogP contribution in [-0.2, 0) is 0 Å². The third-order valence-corrected chi connectivity index (χ3v) is 3.12.